The van der Waals surface area contributed by atoms with Gasteiger partial charge in [-0.15, -0.1) is 13.2 Å². The quantitative estimate of drug-likeness (QED) is 0.459. The van der Waals surface area contributed by atoms with Gasteiger partial charge in [0.15, 0.2) is 0 Å². The predicted octanol–water partition coefficient (Wildman–Crippen LogP) is 4.05. The Balaban J connectivity index is 1.95. The lowest BCUT2D eigenvalue weighted by molar-refractivity contribution is -0.274. The predicted molar refractivity (Wildman–Crippen MR) is 118 cm³/mol. The monoisotopic (exact) mass is 469 g/mol. The molecule has 1 heterocycles. The molecule has 1 aliphatic heterocycles. The lowest BCUT2D eigenvalue weighted by Crippen LogP contribution is -2.37. The summed E-state index contributed by atoms with van der Waals surface area (Å²) in [5, 5.41) is 26.1. The van der Waals surface area contributed by atoms with E-state index in [4.69, 9.17) is 4.74 Å². The standard InChI is InChI=1S/C22H26F3N3O5/c1-21(2,31)13-26-17-12-19(28-7-9-32-10-8-28)16(20(29)30)11-18(17)27-14-3-5-15(6-4-14)33-22(23,24)25/h3-6,11-12,26-27,31H,7-10,13H2,1-2H3,(H,29,30). The van der Waals surface area contributed by atoms with E-state index in [9.17, 15) is 28.2 Å². The Hall–Kier alpha value is -3.18. The highest BCUT2D eigenvalue weighted by atomic mass is 19.4. The fourth-order valence-corrected chi connectivity index (χ4v) is 3.28. The molecule has 0 unspecified atom stereocenters. The normalized spacial score (nSPS) is 14.7. The van der Waals surface area contributed by atoms with Crippen LogP contribution in [0.25, 0.3) is 0 Å². The van der Waals surface area contributed by atoms with Crippen LogP contribution in [0.4, 0.5) is 35.9 Å². The summed E-state index contributed by atoms with van der Waals surface area (Å²) in [6.45, 7) is 5.42. The molecule has 2 aromatic rings. The maximum atomic E-state index is 12.4. The van der Waals surface area contributed by atoms with E-state index in [2.05, 4.69) is 15.4 Å². The highest BCUT2D eigenvalue weighted by Gasteiger charge is 2.31. The summed E-state index contributed by atoms with van der Waals surface area (Å²) in [5.41, 5.74) is 0.857. The van der Waals surface area contributed by atoms with Crippen molar-refractivity contribution in [2.24, 2.45) is 0 Å². The van der Waals surface area contributed by atoms with Crippen molar-refractivity contribution in [3.8, 4) is 5.75 Å². The molecular formula is C22H26F3N3O5. The number of aromatic carboxylic acids is 1. The largest absolute Gasteiger partial charge is 0.573 e. The topological polar surface area (TPSA) is 103 Å². The van der Waals surface area contributed by atoms with Gasteiger partial charge in [-0.25, -0.2) is 4.79 Å². The van der Waals surface area contributed by atoms with Crippen molar-refractivity contribution in [1.82, 2.24) is 0 Å². The van der Waals surface area contributed by atoms with Crippen LogP contribution in [0.15, 0.2) is 36.4 Å². The first-order valence-electron chi connectivity index (χ1n) is 10.2. The Labute approximate surface area is 188 Å². The van der Waals surface area contributed by atoms with Crippen LogP contribution in [0.1, 0.15) is 24.2 Å². The highest BCUT2D eigenvalue weighted by molar-refractivity contribution is 5.98. The molecule has 0 amide bonds. The minimum atomic E-state index is -4.80. The minimum Gasteiger partial charge on any atom is -0.478 e. The van der Waals surface area contributed by atoms with Crippen LogP contribution in [-0.4, -0.2) is 61.0 Å². The smallest absolute Gasteiger partial charge is 0.478 e. The number of anilines is 4. The first-order valence-corrected chi connectivity index (χ1v) is 10.2. The van der Waals surface area contributed by atoms with Crippen LogP contribution in [0.2, 0.25) is 0 Å². The molecule has 2 aromatic carbocycles. The van der Waals surface area contributed by atoms with Crippen molar-refractivity contribution in [3.05, 3.63) is 42.0 Å². The molecule has 0 bridgehead atoms. The Bertz CT molecular complexity index is 969. The van der Waals surface area contributed by atoms with Gasteiger partial charge in [-0.2, -0.15) is 0 Å². The summed E-state index contributed by atoms with van der Waals surface area (Å²) in [6, 6.07) is 8.22. The van der Waals surface area contributed by atoms with Gasteiger partial charge < -0.3 is 35.2 Å². The van der Waals surface area contributed by atoms with E-state index in [0.29, 0.717) is 49.1 Å². The minimum absolute atomic E-state index is 0.0604. The van der Waals surface area contributed by atoms with E-state index in [1.54, 1.807) is 19.9 Å². The van der Waals surface area contributed by atoms with E-state index in [-0.39, 0.29) is 17.9 Å². The number of carboxylic acids is 1. The number of hydrogen-bond donors (Lipinski definition) is 4. The fourth-order valence-electron chi connectivity index (χ4n) is 3.28. The Morgan fingerprint density at radius 3 is 2.30 bits per heavy atom. The first-order chi connectivity index (χ1) is 15.4. The van der Waals surface area contributed by atoms with E-state index >= 15 is 0 Å². The summed E-state index contributed by atoms with van der Waals surface area (Å²) in [7, 11) is 0. The van der Waals surface area contributed by atoms with Gasteiger partial charge in [0.05, 0.1) is 41.4 Å². The van der Waals surface area contributed by atoms with Crippen LogP contribution >= 0.6 is 0 Å². The molecule has 4 N–H and O–H groups in total. The molecule has 11 heteroatoms. The summed E-state index contributed by atoms with van der Waals surface area (Å²) < 4.78 is 46.4. The van der Waals surface area contributed by atoms with Crippen LogP contribution in [0.3, 0.4) is 0 Å². The van der Waals surface area contributed by atoms with Gasteiger partial charge in [0.2, 0.25) is 0 Å². The zero-order chi connectivity index (χ0) is 24.2. The lowest BCUT2D eigenvalue weighted by atomic mass is 10.1. The number of hydrogen-bond acceptors (Lipinski definition) is 7. The number of carboxylic acid groups (broad SMARTS) is 1. The average molecular weight is 469 g/mol. The van der Waals surface area contributed by atoms with E-state index < -0.39 is 17.9 Å². The number of rotatable bonds is 8. The fraction of sp³-hybridized carbons (Fsp3) is 0.409. The molecular weight excluding hydrogens is 443 g/mol. The van der Waals surface area contributed by atoms with E-state index in [0.717, 1.165) is 12.1 Å². The number of nitrogens with one attached hydrogen (secondary N) is 2. The number of aliphatic hydroxyl groups is 1. The lowest BCUT2D eigenvalue weighted by Gasteiger charge is -2.31. The number of alkyl halides is 3. The summed E-state index contributed by atoms with van der Waals surface area (Å²) in [6.07, 6.45) is -4.80. The van der Waals surface area contributed by atoms with Crippen molar-refractivity contribution in [3.63, 3.8) is 0 Å². The van der Waals surface area contributed by atoms with Crippen molar-refractivity contribution in [1.29, 1.82) is 0 Å². The highest BCUT2D eigenvalue weighted by Crippen LogP contribution is 2.35. The molecule has 0 aliphatic carbocycles. The Morgan fingerprint density at radius 2 is 1.76 bits per heavy atom. The van der Waals surface area contributed by atoms with Crippen molar-refractivity contribution in [2.45, 2.75) is 25.8 Å². The Morgan fingerprint density at radius 1 is 1.12 bits per heavy atom. The van der Waals surface area contributed by atoms with Gasteiger partial charge in [0.25, 0.3) is 0 Å². The third-order valence-corrected chi connectivity index (χ3v) is 4.80. The van der Waals surface area contributed by atoms with Crippen LogP contribution in [-0.2, 0) is 4.74 Å². The maximum absolute atomic E-state index is 12.4. The number of morpholine rings is 1. The van der Waals surface area contributed by atoms with Gasteiger partial charge >= 0.3 is 12.3 Å². The van der Waals surface area contributed by atoms with Crippen LogP contribution in [0, 0.1) is 0 Å². The molecule has 8 nitrogen and oxygen atoms in total. The second kappa shape index (κ2) is 9.75. The molecule has 1 fully saturated rings. The Kier molecular flexibility index (Phi) is 7.23. The molecule has 180 valence electrons. The second-order valence-corrected chi connectivity index (χ2v) is 8.18. The van der Waals surface area contributed by atoms with Crippen molar-refractivity contribution >= 4 is 28.7 Å². The number of carbonyl (C=O) groups is 1. The van der Waals surface area contributed by atoms with Crippen LogP contribution in [0.5, 0.6) is 5.75 Å². The summed E-state index contributed by atoms with van der Waals surface area (Å²) in [4.78, 5) is 13.9. The molecule has 3 rings (SSSR count). The number of ether oxygens (including phenoxy) is 2. The summed E-state index contributed by atoms with van der Waals surface area (Å²) >= 11 is 0. The van der Waals surface area contributed by atoms with Crippen molar-refractivity contribution in [2.75, 3.05) is 48.4 Å². The van der Waals surface area contributed by atoms with Gasteiger partial charge in [-0.3, -0.25) is 0 Å². The van der Waals surface area contributed by atoms with Gasteiger partial charge in [-0.1, -0.05) is 0 Å². The third-order valence-electron chi connectivity index (χ3n) is 4.80. The zero-order valence-corrected chi connectivity index (χ0v) is 18.2. The van der Waals surface area contributed by atoms with E-state index in [1.165, 1.54) is 18.2 Å². The zero-order valence-electron chi connectivity index (χ0n) is 18.2. The van der Waals surface area contributed by atoms with E-state index in [1.807, 2.05) is 4.90 Å². The molecule has 0 radical (unpaired) electrons. The maximum Gasteiger partial charge on any atom is 0.573 e. The SMILES string of the molecule is CC(C)(O)CNc1cc(N2CCOCC2)c(C(=O)O)cc1Nc1ccc(OC(F)(F)F)cc1. The molecule has 0 atom stereocenters. The van der Waals surface area contributed by atoms with Gasteiger partial charge in [0.1, 0.15) is 5.75 Å². The van der Waals surface area contributed by atoms with Crippen molar-refractivity contribution < 1.29 is 37.7 Å². The number of halogens is 3. The first kappa shape index (κ1) is 24.5. The van der Waals surface area contributed by atoms with Gasteiger partial charge in [0, 0.05) is 25.3 Å². The number of nitrogens with zero attached hydrogens (tertiary/aromatic N) is 1. The molecule has 0 spiro atoms. The second-order valence-electron chi connectivity index (χ2n) is 8.18. The molecule has 1 aliphatic rings. The molecule has 0 aromatic heterocycles. The molecule has 1 saturated heterocycles. The van der Waals surface area contributed by atoms with Gasteiger partial charge in [-0.05, 0) is 50.2 Å². The molecule has 33 heavy (non-hydrogen) atoms. The van der Waals surface area contributed by atoms with Crippen LogP contribution < -0.4 is 20.3 Å². The third kappa shape index (κ3) is 7.16. The average Bonchev–Trinajstić information content (AvgIpc) is 2.73. The number of benzene rings is 2. The molecule has 0 saturated carbocycles. The summed E-state index contributed by atoms with van der Waals surface area (Å²) in [5.74, 6) is -1.50.